The first kappa shape index (κ1) is 22.1. The van der Waals surface area contributed by atoms with Crippen LogP contribution in [-0.4, -0.2) is 53.5 Å². The summed E-state index contributed by atoms with van der Waals surface area (Å²) in [6, 6.07) is 11.2. The Morgan fingerprint density at radius 3 is 2.50 bits per heavy atom. The van der Waals surface area contributed by atoms with E-state index in [0.717, 1.165) is 31.6 Å². The number of rotatable bonds is 9. The Morgan fingerprint density at radius 1 is 1.17 bits per heavy atom. The second-order valence-electron chi connectivity index (χ2n) is 8.07. The van der Waals surface area contributed by atoms with E-state index in [4.69, 9.17) is 9.15 Å². The number of aryl methyl sites for hydroxylation is 1. The maximum Gasteiger partial charge on any atom is 0.254 e. The Hall–Kier alpha value is -2.60. The summed E-state index contributed by atoms with van der Waals surface area (Å²) in [6.45, 7) is 7.59. The fraction of sp³-hybridized carbons (Fsp3) is 0.500. The number of furan rings is 1. The van der Waals surface area contributed by atoms with Crippen molar-refractivity contribution in [3.05, 3.63) is 59.5 Å². The SMILES string of the molecule is CCc1ccc(C(=O)N(CC(=O)N(Cc2ccco2)CC2CCCO2)C(C)C)cc1. The molecule has 6 nitrogen and oxygen atoms in total. The van der Waals surface area contributed by atoms with Gasteiger partial charge in [-0.3, -0.25) is 9.59 Å². The van der Waals surface area contributed by atoms with Crippen LogP contribution >= 0.6 is 0 Å². The molecule has 0 spiro atoms. The summed E-state index contributed by atoms with van der Waals surface area (Å²) in [4.78, 5) is 29.7. The maximum absolute atomic E-state index is 13.2. The van der Waals surface area contributed by atoms with Gasteiger partial charge in [0.05, 0.1) is 18.9 Å². The highest BCUT2D eigenvalue weighted by molar-refractivity contribution is 5.96. The highest BCUT2D eigenvalue weighted by Crippen LogP contribution is 2.17. The van der Waals surface area contributed by atoms with Crippen LogP contribution in [0.1, 0.15) is 55.3 Å². The van der Waals surface area contributed by atoms with Gasteiger partial charge in [-0.25, -0.2) is 0 Å². The quantitative estimate of drug-likeness (QED) is 0.627. The summed E-state index contributed by atoms with van der Waals surface area (Å²) in [7, 11) is 0. The lowest BCUT2D eigenvalue weighted by molar-refractivity contribution is -0.134. The summed E-state index contributed by atoms with van der Waals surface area (Å²) in [5.41, 5.74) is 1.78. The van der Waals surface area contributed by atoms with Crippen molar-refractivity contribution in [2.24, 2.45) is 0 Å². The second kappa shape index (κ2) is 10.4. The van der Waals surface area contributed by atoms with Crippen LogP contribution in [0.15, 0.2) is 47.1 Å². The van der Waals surface area contributed by atoms with Gasteiger partial charge >= 0.3 is 0 Å². The van der Waals surface area contributed by atoms with Gasteiger partial charge < -0.3 is 19.0 Å². The maximum atomic E-state index is 13.2. The summed E-state index contributed by atoms with van der Waals surface area (Å²) in [5, 5.41) is 0. The number of hydrogen-bond donors (Lipinski definition) is 0. The van der Waals surface area contributed by atoms with E-state index in [1.165, 1.54) is 5.56 Å². The summed E-state index contributed by atoms with van der Waals surface area (Å²) in [6.07, 6.45) is 4.52. The molecule has 3 rings (SSSR count). The molecule has 2 heterocycles. The molecule has 0 radical (unpaired) electrons. The molecule has 0 bridgehead atoms. The molecule has 2 aromatic rings. The second-order valence-corrected chi connectivity index (χ2v) is 8.07. The monoisotopic (exact) mass is 412 g/mol. The Bertz CT molecular complexity index is 808. The van der Waals surface area contributed by atoms with Crippen molar-refractivity contribution in [1.29, 1.82) is 0 Å². The molecule has 1 atom stereocenters. The van der Waals surface area contributed by atoms with E-state index in [2.05, 4.69) is 6.92 Å². The van der Waals surface area contributed by atoms with Crippen molar-refractivity contribution in [1.82, 2.24) is 9.80 Å². The van der Waals surface area contributed by atoms with Crippen LogP contribution in [0, 0.1) is 0 Å². The lowest BCUT2D eigenvalue weighted by Crippen LogP contribution is -2.47. The number of amides is 2. The zero-order valence-electron chi connectivity index (χ0n) is 18.2. The Balaban J connectivity index is 1.72. The lowest BCUT2D eigenvalue weighted by atomic mass is 10.1. The van der Waals surface area contributed by atoms with Gasteiger partial charge in [-0.2, -0.15) is 0 Å². The van der Waals surface area contributed by atoms with Crippen molar-refractivity contribution < 1.29 is 18.7 Å². The Morgan fingerprint density at radius 2 is 1.93 bits per heavy atom. The topological polar surface area (TPSA) is 63.0 Å². The minimum Gasteiger partial charge on any atom is -0.467 e. The van der Waals surface area contributed by atoms with Gasteiger partial charge in [-0.05, 0) is 62.9 Å². The molecule has 6 heteroatoms. The molecule has 162 valence electrons. The molecule has 1 aliphatic rings. The van der Waals surface area contributed by atoms with E-state index < -0.39 is 0 Å². The van der Waals surface area contributed by atoms with Gasteiger partial charge in [0, 0.05) is 24.8 Å². The molecule has 0 N–H and O–H groups in total. The molecular formula is C24H32N2O4. The van der Waals surface area contributed by atoms with Gasteiger partial charge in [-0.1, -0.05) is 19.1 Å². The van der Waals surface area contributed by atoms with E-state index in [0.29, 0.717) is 18.7 Å². The minimum atomic E-state index is -0.129. The molecule has 0 aliphatic carbocycles. The molecular weight excluding hydrogens is 380 g/mol. The largest absolute Gasteiger partial charge is 0.467 e. The van der Waals surface area contributed by atoms with Gasteiger partial charge in [0.2, 0.25) is 5.91 Å². The van der Waals surface area contributed by atoms with Crippen molar-refractivity contribution in [3.8, 4) is 0 Å². The van der Waals surface area contributed by atoms with Crippen molar-refractivity contribution in [3.63, 3.8) is 0 Å². The van der Waals surface area contributed by atoms with Crippen molar-refractivity contribution >= 4 is 11.8 Å². The fourth-order valence-electron chi connectivity index (χ4n) is 3.66. The summed E-state index contributed by atoms with van der Waals surface area (Å²) in [5.74, 6) is 0.490. The van der Waals surface area contributed by atoms with Crippen LogP contribution in [0.5, 0.6) is 0 Å². The van der Waals surface area contributed by atoms with Gasteiger partial charge in [0.25, 0.3) is 5.91 Å². The molecule has 1 saturated heterocycles. The number of carbonyl (C=O) groups excluding carboxylic acids is 2. The predicted octanol–water partition coefficient (Wildman–Crippen LogP) is 3.90. The predicted molar refractivity (Wildman–Crippen MR) is 115 cm³/mol. The molecule has 1 aromatic heterocycles. The average Bonchev–Trinajstić information content (AvgIpc) is 3.45. The van der Waals surface area contributed by atoms with Crippen molar-refractivity contribution in [2.45, 2.75) is 58.7 Å². The van der Waals surface area contributed by atoms with E-state index in [1.54, 1.807) is 16.1 Å². The normalized spacial score (nSPS) is 16.1. The first-order valence-corrected chi connectivity index (χ1v) is 10.8. The third kappa shape index (κ3) is 5.72. The number of carbonyl (C=O) groups is 2. The Labute approximate surface area is 178 Å². The number of benzene rings is 1. The van der Waals surface area contributed by atoms with Gasteiger partial charge in [0.1, 0.15) is 12.3 Å². The Kier molecular flexibility index (Phi) is 7.69. The zero-order valence-corrected chi connectivity index (χ0v) is 18.2. The molecule has 1 aromatic carbocycles. The highest BCUT2D eigenvalue weighted by atomic mass is 16.5. The summed E-state index contributed by atoms with van der Waals surface area (Å²) < 4.78 is 11.2. The minimum absolute atomic E-state index is 0.0272. The first-order valence-electron chi connectivity index (χ1n) is 10.8. The molecule has 1 fully saturated rings. The van der Waals surface area contributed by atoms with Gasteiger partial charge in [-0.15, -0.1) is 0 Å². The third-order valence-electron chi connectivity index (χ3n) is 5.53. The van der Waals surface area contributed by atoms with Crippen molar-refractivity contribution in [2.75, 3.05) is 19.7 Å². The average molecular weight is 413 g/mol. The first-order chi connectivity index (χ1) is 14.5. The van der Waals surface area contributed by atoms with E-state index >= 15 is 0 Å². The van der Waals surface area contributed by atoms with E-state index in [9.17, 15) is 9.59 Å². The van der Waals surface area contributed by atoms with E-state index in [1.807, 2.05) is 50.2 Å². The lowest BCUT2D eigenvalue weighted by Gasteiger charge is -2.31. The summed E-state index contributed by atoms with van der Waals surface area (Å²) >= 11 is 0. The number of hydrogen-bond acceptors (Lipinski definition) is 4. The van der Waals surface area contributed by atoms with Crippen LogP contribution in [-0.2, 0) is 22.5 Å². The third-order valence-corrected chi connectivity index (χ3v) is 5.53. The van der Waals surface area contributed by atoms with Crippen LogP contribution < -0.4 is 0 Å². The smallest absolute Gasteiger partial charge is 0.254 e. The molecule has 1 aliphatic heterocycles. The fourth-order valence-corrected chi connectivity index (χ4v) is 3.66. The van der Waals surface area contributed by atoms with Crippen LogP contribution in [0.25, 0.3) is 0 Å². The van der Waals surface area contributed by atoms with Gasteiger partial charge in [0.15, 0.2) is 0 Å². The number of ether oxygens (including phenoxy) is 1. The highest BCUT2D eigenvalue weighted by Gasteiger charge is 2.27. The molecule has 30 heavy (non-hydrogen) atoms. The standard InChI is InChI=1S/C24H32N2O4/c1-4-19-9-11-20(12-10-19)24(28)26(18(2)3)17-23(27)25(15-21-7-5-13-29-21)16-22-8-6-14-30-22/h5,7,9-13,18,22H,4,6,8,14-17H2,1-3H3. The van der Waals surface area contributed by atoms with Crippen LogP contribution in [0.4, 0.5) is 0 Å². The molecule has 2 amide bonds. The molecule has 1 unspecified atom stereocenters. The van der Waals surface area contributed by atoms with Crippen LogP contribution in [0.3, 0.4) is 0 Å². The van der Waals surface area contributed by atoms with Crippen LogP contribution in [0.2, 0.25) is 0 Å². The number of nitrogens with zero attached hydrogens (tertiary/aromatic N) is 2. The van der Waals surface area contributed by atoms with E-state index in [-0.39, 0.29) is 30.5 Å². The molecule has 0 saturated carbocycles. The zero-order chi connectivity index (χ0) is 21.5.